The summed E-state index contributed by atoms with van der Waals surface area (Å²) in [6.45, 7) is 9.40. The molecule has 44 heavy (non-hydrogen) atoms. The molecule has 2 rings (SSSR count). The van der Waals surface area contributed by atoms with Gasteiger partial charge in [0.05, 0.1) is 5.92 Å². The third kappa shape index (κ3) is 12.4. The first kappa shape index (κ1) is 36.9. The summed E-state index contributed by atoms with van der Waals surface area (Å²) in [5.74, 6) is -2.15. The van der Waals surface area contributed by atoms with Crippen LogP contribution in [0.2, 0.25) is 0 Å². The van der Waals surface area contributed by atoms with Gasteiger partial charge in [0.25, 0.3) is 5.91 Å². The van der Waals surface area contributed by atoms with Gasteiger partial charge in [-0.3, -0.25) is 19.2 Å². The van der Waals surface area contributed by atoms with Crippen LogP contribution in [0.5, 0.6) is 0 Å². The molecule has 2 amide bonds. The number of carboxylic acid groups (broad SMARTS) is 1. The van der Waals surface area contributed by atoms with Crippen molar-refractivity contribution in [2.75, 3.05) is 13.8 Å². The van der Waals surface area contributed by atoms with E-state index in [0.717, 1.165) is 18.4 Å². The molecule has 0 aliphatic heterocycles. The van der Waals surface area contributed by atoms with Crippen molar-refractivity contribution in [1.82, 2.24) is 15.2 Å². The van der Waals surface area contributed by atoms with Crippen LogP contribution in [0.4, 0.5) is 0 Å². The third-order valence-corrected chi connectivity index (χ3v) is 8.46. The fourth-order valence-electron chi connectivity index (χ4n) is 5.18. The van der Waals surface area contributed by atoms with Crippen molar-refractivity contribution in [3.63, 3.8) is 0 Å². The highest BCUT2D eigenvalue weighted by molar-refractivity contribution is 7.09. The molecule has 2 N–H and O–H groups in total. The number of ether oxygens (including phenoxy) is 2. The molecule has 10 nitrogen and oxygen atoms in total. The summed E-state index contributed by atoms with van der Waals surface area (Å²) < 4.78 is 11.0. The summed E-state index contributed by atoms with van der Waals surface area (Å²) in [7, 11) is 1.58. The number of amides is 2. The number of methoxy groups -OCH3 is 1. The van der Waals surface area contributed by atoms with Gasteiger partial charge >= 0.3 is 11.9 Å². The van der Waals surface area contributed by atoms with Crippen molar-refractivity contribution in [2.45, 2.75) is 104 Å². The monoisotopic (exact) mass is 631 g/mol. The van der Waals surface area contributed by atoms with Crippen LogP contribution in [0.15, 0.2) is 35.7 Å². The second-order valence-electron chi connectivity index (χ2n) is 11.6. The van der Waals surface area contributed by atoms with E-state index < -0.39 is 35.9 Å². The van der Waals surface area contributed by atoms with Crippen LogP contribution in [-0.4, -0.2) is 64.7 Å². The number of nitrogens with one attached hydrogen (secondary N) is 1. The second-order valence-corrected chi connectivity index (χ2v) is 12.5. The molecule has 4 atom stereocenters. The lowest BCUT2D eigenvalue weighted by Crippen LogP contribution is -2.44. The highest BCUT2D eigenvalue weighted by Gasteiger charge is 2.28. The molecular weight excluding hydrogens is 582 g/mol. The Morgan fingerprint density at radius 1 is 1.07 bits per heavy atom. The molecule has 0 radical (unpaired) electrons. The standard InChI is InChI=1S/C33H49N3O7S/c1-7-8-17-30(38)36(21-42-6)28(22(2)3)15-12-16-29(43-24(5)37)32-35-27(20-44-32)31(39)34-26(18-23(4)33(40)41)19-25-13-10-9-11-14-25/h9-11,13-14,20,22-23,26,28-29H,7-8,12,15-19,21H2,1-6H3,(H,34,39)(H,40,41). The predicted octanol–water partition coefficient (Wildman–Crippen LogP) is 6.02. The molecule has 0 spiro atoms. The number of hydrogen-bond donors (Lipinski definition) is 2. The van der Waals surface area contributed by atoms with Crippen molar-refractivity contribution in [3.8, 4) is 0 Å². The van der Waals surface area contributed by atoms with E-state index in [1.165, 1.54) is 18.3 Å². The van der Waals surface area contributed by atoms with E-state index in [1.807, 2.05) is 35.2 Å². The first-order valence-corrected chi connectivity index (χ1v) is 16.3. The normalized spacial score (nSPS) is 14.0. The van der Waals surface area contributed by atoms with Gasteiger partial charge in [0.2, 0.25) is 5.91 Å². The maximum absolute atomic E-state index is 13.2. The number of carboxylic acids is 1. The second kappa shape index (κ2) is 19.2. The molecule has 2 aromatic rings. The summed E-state index contributed by atoms with van der Waals surface area (Å²) in [5.41, 5.74) is 1.18. The average Bonchev–Trinajstić information content (AvgIpc) is 3.47. The lowest BCUT2D eigenvalue weighted by Gasteiger charge is -2.34. The smallest absolute Gasteiger partial charge is 0.306 e. The first-order valence-electron chi connectivity index (χ1n) is 15.4. The number of thiazole rings is 1. The van der Waals surface area contributed by atoms with E-state index in [9.17, 15) is 24.3 Å². The number of carbonyl (C=O) groups is 4. The Morgan fingerprint density at radius 2 is 1.77 bits per heavy atom. The Hall–Kier alpha value is -3.31. The quantitative estimate of drug-likeness (QED) is 0.134. The Labute approximate surface area is 265 Å². The minimum absolute atomic E-state index is 0.0374. The van der Waals surface area contributed by atoms with Gasteiger partial charge in [-0.1, -0.05) is 64.4 Å². The average molecular weight is 632 g/mol. The minimum atomic E-state index is -0.923. The zero-order valence-corrected chi connectivity index (χ0v) is 27.7. The van der Waals surface area contributed by atoms with Crippen molar-refractivity contribution in [2.24, 2.45) is 11.8 Å². The molecule has 1 heterocycles. The van der Waals surface area contributed by atoms with Crippen LogP contribution in [0.1, 0.15) is 107 Å². The highest BCUT2D eigenvalue weighted by Crippen LogP contribution is 2.29. The topological polar surface area (TPSA) is 135 Å². The summed E-state index contributed by atoms with van der Waals surface area (Å²) in [6.07, 6.45) is 4.18. The molecule has 1 aromatic carbocycles. The lowest BCUT2D eigenvalue weighted by atomic mass is 9.95. The summed E-state index contributed by atoms with van der Waals surface area (Å²) in [6, 6.07) is 9.14. The van der Waals surface area contributed by atoms with Crippen molar-refractivity contribution in [1.29, 1.82) is 0 Å². The number of nitrogens with zero attached hydrogens (tertiary/aromatic N) is 2. The minimum Gasteiger partial charge on any atom is -0.481 e. The number of aliphatic carboxylic acids is 1. The molecule has 0 aliphatic rings. The van der Waals surface area contributed by atoms with E-state index in [1.54, 1.807) is 19.4 Å². The van der Waals surface area contributed by atoms with Gasteiger partial charge in [-0.25, -0.2) is 4.98 Å². The van der Waals surface area contributed by atoms with Gasteiger partial charge in [0.15, 0.2) is 6.10 Å². The molecule has 0 fully saturated rings. The highest BCUT2D eigenvalue weighted by atomic mass is 32.1. The zero-order valence-electron chi connectivity index (χ0n) is 26.9. The molecule has 0 saturated heterocycles. The van der Waals surface area contributed by atoms with E-state index in [4.69, 9.17) is 9.47 Å². The van der Waals surface area contributed by atoms with Gasteiger partial charge in [0, 0.05) is 37.9 Å². The van der Waals surface area contributed by atoms with Gasteiger partial charge in [0.1, 0.15) is 17.4 Å². The molecule has 244 valence electrons. The SMILES string of the molecule is CCCCC(=O)N(COC)C(CCCC(OC(C)=O)c1nc(C(=O)NC(Cc2ccccc2)CC(C)C(=O)O)cs1)C(C)C. The van der Waals surface area contributed by atoms with Gasteiger partial charge in [-0.15, -0.1) is 11.3 Å². The van der Waals surface area contributed by atoms with E-state index >= 15 is 0 Å². The number of aromatic nitrogens is 1. The summed E-state index contributed by atoms with van der Waals surface area (Å²) >= 11 is 1.24. The molecule has 11 heteroatoms. The number of rotatable bonds is 20. The Kier molecular flexibility index (Phi) is 16.1. The number of hydrogen-bond acceptors (Lipinski definition) is 8. The van der Waals surface area contributed by atoms with Gasteiger partial charge < -0.3 is 24.8 Å². The van der Waals surface area contributed by atoms with E-state index in [2.05, 4.69) is 31.1 Å². The van der Waals surface area contributed by atoms with Gasteiger partial charge in [-0.2, -0.15) is 0 Å². The van der Waals surface area contributed by atoms with Gasteiger partial charge in [-0.05, 0) is 50.0 Å². The maximum Gasteiger partial charge on any atom is 0.306 e. The van der Waals surface area contributed by atoms with E-state index in [-0.39, 0.29) is 36.7 Å². The number of esters is 1. The largest absolute Gasteiger partial charge is 0.481 e. The fourth-order valence-corrected chi connectivity index (χ4v) is 6.04. The molecule has 0 bridgehead atoms. The molecular formula is C33H49N3O7S. The van der Waals surface area contributed by atoms with Crippen LogP contribution >= 0.6 is 11.3 Å². The number of unbranched alkanes of at least 4 members (excludes halogenated alkanes) is 1. The van der Waals surface area contributed by atoms with Crippen molar-refractivity contribution >= 4 is 35.1 Å². The number of carbonyl (C=O) groups excluding carboxylic acids is 3. The Balaban J connectivity index is 2.14. The summed E-state index contributed by atoms with van der Waals surface area (Å²) in [5, 5.41) is 14.6. The van der Waals surface area contributed by atoms with E-state index in [0.29, 0.717) is 37.1 Å². The molecule has 4 unspecified atom stereocenters. The Morgan fingerprint density at radius 3 is 2.36 bits per heavy atom. The lowest BCUT2D eigenvalue weighted by molar-refractivity contribution is -0.147. The molecule has 1 aromatic heterocycles. The summed E-state index contributed by atoms with van der Waals surface area (Å²) in [4.78, 5) is 56.0. The predicted molar refractivity (Wildman–Crippen MR) is 170 cm³/mol. The fraction of sp³-hybridized carbons (Fsp3) is 0.606. The van der Waals surface area contributed by atoms with Crippen LogP contribution < -0.4 is 5.32 Å². The Bertz CT molecular complexity index is 1190. The molecule has 0 aliphatic carbocycles. The van der Waals surface area contributed by atoms with Crippen molar-refractivity contribution in [3.05, 3.63) is 52.0 Å². The molecule has 0 saturated carbocycles. The maximum atomic E-state index is 13.2. The third-order valence-electron chi connectivity index (χ3n) is 7.53. The van der Waals surface area contributed by atoms with Crippen LogP contribution in [0.25, 0.3) is 0 Å². The van der Waals surface area contributed by atoms with Crippen LogP contribution in [0.3, 0.4) is 0 Å². The number of benzene rings is 1. The van der Waals surface area contributed by atoms with Crippen LogP contribution in [0, 0.1) is 11.8 Å². The van der Waals surface area contributed by atoms with Crippen molar-refractivity contribution < 1.29 is 33.8 Å². The first-order chi connectivity index (χ1) is 21.0. The zero-order chi connectivity index (χ0) is 32.6. The van der Waals surface area contributed by atoms with Crippen LogP contribution in [-0.2, 0) is 30.3 Å².